The number of carbonyl (C=O) groups excluding carboxylic acids is 1. The molecule has 0 spiro atoms. The highest BCUT2D eigenvalue weighted by Crippen LogP contribution is 2.24. The maximum atomic E-state index is 13.4. The molecule has 0 saturated carbocycles. The van der Waals surface area contributed by atoms with E-state index >= 15 is 0 Å². The minimum atomic E-state index is -1.08. The molecule has 0 radical (unpaired) electrons. The fraction of sp³-hybridized carbons (Fsp3) is 0.278. The molecule has 3 rings (SSSR count). The molecule has 1 aliphatic heterocycles. The molecule has 7 heteroatoms. The van der Waals surface area contributed by atoms with E-state index in [1.54, 1.807) is 24.0 Å². The van der Waals surface area contributed by atoms with Gasteiger partial charge in [-0.2, -0.15) is 0 Å². The van der Waals surface area contributed by atoms with E-state index in [0.29, 0.717) is 18.7 Å². The van der Waals surface area contributed by atoms with Gasteiger partial charge < -0.3 is 14.7 Å². The van der Waals surface area contributed by atoms with Crippen molar-refractivity contribution in [1.29, 1.82) is 0 Å². The van der Waals surface area contributed by atoms with E-state index in [9.17, 15) is 14.0 Å². The average Bonchev–Trinajstić information content (AvgIpc) is 2.61. The second kappa shape index (κ2) is 6.98. The summed E-state index contributed by atoms with van der Waals surface area (Å²) in [7, 11) is 0. The van der Waals surface area contributed by atoms with Crippen molar-refractivity contribution in [2.75, 3.05) is 19.7 Å². The summed E-state index contributed by atoms with van der Waals surface area (Å²) in [4.78, 5) is 29.4. The van der Waals surface area contributed by atoms with Gasteiger partial charge in [0.25, 0.3) is 5.91 Å². The van der Waals surface area contributed by atoms with Crippen LogP contribution >= 0.6 is 0 Å². The fourth-order valence-electron chi connectivity index (χ4n) is 2.81. The zero-order chi connectivity index (χ0) is 18.0. The quantitative estimate of drug-likeness (QED) is 0.925. The summed E-state index contributed by atoms with van der Waals surface area (Å²) in [6.07, 6.45) is -0.409. The van der Waals surface area contributed by atoms with E-state index in [2.05, 4.69) is 4.98 Å². The Morgan fingerprint density at radius 2 is 2.12 bits per heavy atom. The Morgan fingerprint density at radius 3 is 2.80 bits per heavy atom. The van der Waals surface area contributed by atoms with Crippen LogP contribution in [0.2, 0.25) is 0 Å². The number of halogens is 1. The van der Waals surface area contributed by atoms with Crippen LogP contribution in [0.1, 0.15) is 38.2 Å². The number of nitrogens with zero attached hydrogens (tertiary/aromatic N) is 2. The van der Waals surface area contributed by atoms with E-state index in [0.717, 1.165) is 0 Å². The Kier molecular flexibility index (Phi) is 4.76. The van der Waals surface area contributed by atoms with Crippen molar-refractivity contribution in [2.24, 2.45) is 0 Å². The molecule has 25 heavy (non-hydrogen) atoms. The maximum absolute atomic E-state index is 13.4. The lowest BCUT2D eigenvalue weighted by molar-refractivity contribution is -0.0231. The van der Waals surface area contributed by atoms with Gasteiger partial charge >= 0.3 is 5.97 Å². The van der Waals surface area contributed by atoms with Crippen LogP contribution in [-0.2, 0) is 4.74 Å². The molecule has 0 bridgehead atoms. The molecule has 1 N–H and O–H groups in total. The second-order valence-corrected chi connectivity index (χ2v) is 5.80. The lowest BCUT2D eigenvalue weighted by atomic mass is 10.1. The first kappa shape index (κ1) is 17.0. The molecule has 1 aliphatic rings. The van der Waals surface area contributed by atoms with Gasteiger partial charge in [0.15, 0.2) is 0 Å². The SMILES string of the molecule is Cc1nc(C(=O)N2CCOC(c3cccc(F)c3)C2)ccc1C(=O)O. The predicted molar refractivity (Wildman–Crippen MR) is 86.9 cm³/mol. The highest BCUT2D eigenvalue weighted by molar-refractivity contribution is 5.94. The van der Waals surface area contributed by atoms with Crippen LogP contribution in [0, 0.1) is 12.7 Å². The van der Waals surface area contributed by atoms with Crippen molar-refractivity contribution >= 4 is 11.9 Å². The van der Waals surface area contributed by atoms with E-state index in [1.165, 1.54) is 24.3 Å². The van der Waals surface area contributed by atoms with Crippen molar-refractivity contribution in [3.05, 3.63) is 64.7 Å². The third-order valence-electron chi connectivity index (χ3n) is 4.11. The number of aryl methyl sites for hydroxylation is 1. The summed E-state index contributed by atoms with van der Waals surface area (Å²) in [5.41, 5.74) is 1.20. The number of aromatic carboxylic acids is 1. The highest BCUT2D eigenvalue weighted by Gasteiger charge is 2.27. The molecule has 1 aromatic carbocycles. The molecule has 0 aliphatic carbocycles. The number of carbonyl (C=O) groups is 2. The van der Waals surface area contributed by atoms with Crippen LogP contribution in [0.25, 0.3) is 0 Å². The predicted octanol–water partition coefficient (Wildman–Crippen LogP) is 2.44. The molecular weight excluding hydrogens is 327 g/mol. The molecule has 1 amide bonds. The Labute approximate surface area is 143 Å². The number of morpholine rings is 1. The van der Waals surface area contributed by atoms with Crippen LogP contribution in [0.4, 0.5) is 4.39 Å². The van der Waals surface area contributed by atoms with Crippen molar-refractivity contribution in [2.45, 2.75) is 13.0 Å². The number of amides is 1. The van der Waals surface area contributed by atoms with Crippen molar-refractivity contribution in [3.63, 3.8) is 0 Å². The van der Waals surface area contributed by atoms with Crippen LogP contribution < -0.4 is 0 Å². The number of benzene rings is 1. The fourth-order valence-corrected chi connectivity index (χ4v) is 2.81. The summed E-state index contributed by atoms with van der Waals surface area (Å²) in [5, 5.41) is 9.04. The molecule has 1 saturated heterocycles. The van der Waals surface area contributed by atoms with Crippen LogP contribution in [0.15, 0.2) is 36.4 Å². The Bertz CT molecular complexity index is 824. The van der Waals surface area contributed by atoms with Gasteiger partial charge in [-0.25, -0.2) is 14.2 Å². The maximum Gasteiger partial charge on any atom is 0.337 e. The molecular formula is C18H17FN2O4. The van der Waals surface area contributed by atoms with Crippen molar-refractivity contribution < 1.29 is 23.8 Å². The second-order valence-electron chi connectivity index (χ2n) is 5.80. The summed E-state index contributed by atoms with van der Waals surface area (Å²) < 4.78 is 19.0. The minimum Gasteiger partial charge on any atom is -0.478 e. The van der Waals surface area contributed by atoms with Gasteiger partial charge in [-0.05, 0) is 36.8 Å². The molecule has 130 valence electrons. The molecule has 1 fully saturated rings. The highest BCUT2D eigenvalue weighted by atomic mass is 19.1. The number of pyridine rings is 1. The van der Waals surface area contributed by atoms with Gasteiger partial charge in [0, 0.05) is 6.54 Å². The van der Waals surface area contributed by atoms with Gasteiger partial charge in [-0.15, -0.1) is 0 Å². The first-order valence-corrected chi connectivity index (χ1v) is 7.83. The third kappa shape index (κ3) is 3.66. The molecule has 6 nitrogen and oxygen atoms in total. The number of aromatic nitrogens is 1. The number of carboxylic acids is 1. The zero-order valence-electron chi connectivity index (χ0n) is 13.6. The van der Waals surface area contributed by atoms with E-state index in [-0.39, 0.29) is 35.2 Å². The lowest BCUT2D eigenvalue weighted by Crippen LogP contribution is -2.42. The van der Waals surface area contributed by atoms with Crippen molar-refractivity contribution in [1.82, 2.24) is 9.88 Å². The molecule has 2 heterocycles. The Hall–Kier alpha value is -2.80. The zero-order valence-corrected chi connectivity index (χ0v) is 13.6. The molecule has 1 aromatic heterocycles. The first-order chi connectivity index (χ1) is 12.0. The third-order valence-corrected chi connectivity index (χ3v) is 4.11. The van der Waals surface area contributed by atoms with Gasteiger partial charge in [-0.1, -0.05) is 12.1 Å². The minimum absolute atomic E-state index is 0.0659. The lowest BCUT2D eigenvalue weighted by Gasteiger charge is -2.33. The van der Waals surface area contributed by atoms with Gasteiger partial charge in [0.05, 0.1) is 24.4 Å². The molecule has 2 aromatic rings. The topological polar surface area (TPSA) is 79.7 Å². The average molecular weight is 344 g/mol. The number of ether oxygens (including phenoxy) is 1. The summed E-state index contributed by atoms with van der Waals surface area (Å²) in [6.45, 7) is 2.56. The first-order valence-electron chi connectivity index (χ1n) is 7.83. The number of hydrogen-bond donors (Lipinski definition) is 1. The number of carboxylic acid groups (broad SMARTS) is 1. The van der Waals surface area contributed by atoms with Crippen molar-refractivity contribution in [3.8, 4) is 0 Å². The number of hydrogen-bond acceptors (Lipinski definition) is 4. The van der Waals surface area contributed by atoms with Crippen LogP contribution in [0.5, 0.6) is 0 Å². The van der Waals surface area contributed by atoms with Crippen LogP contribution in [0.3, 0.4) is 0 Å². The summed E-state index contributed by atoms with van der Waals surface area (Å²) >= 11 is 0. The summed E-state index contributed by atoms with van der Waals surface area (Å²) in [6, 6.07) is 8.89. The van der Waals surface area contributed by atoms with E-state index in [1.807, 2.05) is 0 Å². The largest absolute Gasteiger partial charge is 0.478 e. The van der Waals surface area contributed by atoms with E-state index < -0.39 is 12.1 Å². The van der Waals surface area contributed by atoms with Gasteiger partial charge in [-0.3, -0.25) is 4.79 Å². The summed E-state index contributed by atoms with van der Waals surface area (Å²) in [5.74, 6) is -1.74. The number of rotatable bonds is 3. The van der Waals surface area contributed by atoms with Gasteiger partial charge in [0.1, 0.15) is 17.6 Å². The Balaban J connectivity index is 1.78. The van der Waals surface area contributed by atoms with E-state index in [4.69, 9.17) is 9.84 Å². The standard InChI is InChI=1S/C18H17FN2O4/c1-11-14(18(23)24)5-6-15(20-11)17(22)21-7-8-25-16(10-21)12-3-2-4-13(19)9-12/h2-6,9,16H,7-8,10H2,1H3,(H,23,24). The van der Waals surface area contributed by atoms with Crippen LogP contribution in [-0.4, -0.2) is 46.6 Å². The Morgan fingerprint density at radius 1 is 1.32 bits per heavy atom. The molecule has 1 atom stereocenters. The smallest absolute Gasteiger partial charge is 0.337 e. The monoisotopic (exact) mass is 344 g/mol. The normalized spacial score (nSPS) is 17.4. The van der Waals surface area contributed by atoms with Gasteiger partial charge in [0.2, 0.25) is 0 Å². The molecule has 1 unspecified atom stereocenters.